The van der Waals surface area contributed by atoms with Gasteiger partial charge in [0.25, 0.3) is 0 Å². The van der Waals surface area contributed by atoms with Gasteiger partial charge in [0.15, 0.2) is 0 Å². The van der Waals surface area contributed by atoms with Gasteiger partial charge in [0, 0.05) is 17.7 Å². The molecule has 1 atom stereocenters. The second-order valence-corrected chi connectivity index (χ2v) is 6.68. The van der Waals surface area contributed by atoms with E-state index in [2.05, 4.69) is 44.4 Å². The molecule has 4 heteroatoms. The van der Waals surface area contributed by atoms with E-state index in [4.69, 9.17) is 16.3 Å². The molecule has 1 aliphatic heterocycles. The van der Waals surface area contributed by atoms with Gasteiger partial charge in [-0.1, -0.05) is 0 Å². The molecule has 2 rings (SSSR count). The summed E-state index contributed by atoms with van der Waals surface area (Å²) >= 11 is 6.00. The van der Waals surface area contributed by atoms with E-state index in [0.717, 1.165) is 17.7 Å². The van der Waals surface area contributed by atoms with Crippen LogP contribution in [0.4, 0.5) is 0 Å². The van der Waals surface area contributed by atoms with E-state index in [1.54, 1.807) is 0 Å². The molecule has 0 saturated carbocycles. The number of rotatable bonds is 2. The minimum absolute atomic E-state index is 0.0956. The average Bonchev–Trinajstić information content (AvgIpc) is 2.60. The smallest absolute Gasteiger partial charge is 0.0858 e. The zero-order valence-corrected chi connectivity index (χ0v) is 12.9. The third-order valence-corrected chi connectivity index (χ3v) is 4.20. The quantitative estimate of drug-likeness (QED) is 0.765. The van der Waals surface area contributed by atoms with Gasteiger partial charge >= 0.3 is 0 Å². The topological polar surface area (TPSA) is 27.1 Å². The number of hydrogen-bond acceptors (Lipinski definition) is 2. The lowest BCUT2D eigenvalue weighted by Crippen LogP contribution is -2.32. The van der Waals surface area contributed by atoms with Gasteiger partial charge in [-0.15, -0.1) is 11.6 Å². The van der Waals surface area contributed by atoms with Crippen molar-refractivity contribution in [1.29, 1.82) is 0 Å². The number of aromatic nitrogens is 2. The van der Waals surface area contributed by atoms with Crippen LogP contribution < -0.4 is 0 Å². The summed E-state index contributed by atoms with van der Waals surface area (Å²) in [6.45, 7) is 12.7. The molecule has 0 aliphatic carbocycles. The van der Waals surface area contributed by atoms with E-state index >= 15 is 0 Å². The van der Waals surface area contributed by atoms with Crippen molar-refractivity contribution in [3.05, 3.63) is 17.0 Å². The summed E-state index contributed by atoms with van der Waals surface area (Å²) in [6, 6.07) is 0.267. The van der Waals surface area contributed by atoms with Crippen molar-refractivity contribution in [3.8, 4) is 0 Å². The van der Waals surface area contributed by atoms with E-state index in [-0.39, 0.29) is 17.2 Å². The van der Waals surface area contributed by atoms with Crippen LogP contribution in [-0.4, -0.2) is 21.0 Å². The molecular formula is C14H23ClN2O. The first kappa shape index (κ1) is 13.9. The van der Waals surface area contributed by atoms with Gasteiger partial charge in [0.2, 0.25) is 0 Å². The summed E-state index contributed by atoms with van der Waals surface area (Å²) in [5.41, 5.74) is 3.06. The predicted octanol–water partition coefficient (Wildman–Crippen LogP) is 3.76. The van der Waals surface area contributed by atoms with Crippen LogP contribution in [-0.2, 0) is 10.6 Å². The summed E-state index contributed by atoms with van der Waals surface area (Å²) in [4.78, 5) is 0. The molecule has 102 valence electrons. The van der Waals surface area contributed by atoms with Gasteiger partial charge in [-0.2, -0.15) is 5.10 Å². The number of nitrogens with zero attached hydrogens (tertiary/aromatic N) is 2. The van der Waals surface area contributed by atoms with Crippen molar-refractivity contribution >= 4 is 11.6 Å². The molecule has 2 heterocycles. The van der Waals surface area contributed by atoms with Gasteiger partial charge in [0.05, 0.1) is 28.8 Å². The highest BCUT2D eigenvalue weighted by Crippen LogP contribution is 2.45. The fourth-order valence-electron chi connectivity index (χ4n) is 3.11. The highest BCUT2D eigenvalue weighted by Gasteiger charge is 2.47. The number of hydrogen-bond donors (Lipinski definition) is 0. The Morgan fingerprint density at radius 3 is 2.33 bits per heavy atom. The maximum atomic E-state index is 6.15. The lowest BCUT2D eigenvalue weighted by atomic mass is 9.94. The SMILES string of the molecule is Cc1nn(C2CC(C)(C)OC2(C)C)c(C)c1CCl. The van der Waals surface area contributed by atoms with Crippen molar-refractivity contribution in [2.45, 2.75) is 71.1 Å². The fraction of sp³-hybridized carbons (Fsp3) is 0.786. The molecule has 0 spiro atoms. The average molecular weight is 271 g/mol. The van der Waals surface area contributed by atoms with E-state index in [9.17, 15) is 0 Å². The Kier molecular flexibility index (Phi) is 3.27. The first-order chi connectivity index (χ1) is 8.18. The number of aryl methyl sites for hydroxylation is 1. The molecule has 0 N–H and O–H groups in total. The standard InChI is InChI=1S/C14H23ClN2O/c1-9-11(8-15)10(2)17(16-9)12-7-13(3,4)18-14(12,5)6/h12H,7-8H2,1-6H3. The van der Waals surface area contributed by atoms with Crippen LogP contribution in [0.2, 0.25) is 0 Å². The van der Waals surface area contributed by atoms with E-state index in [1.165, 1.54) is 5.69 Å². The van der Waals surface area contributed by atoms with E-state index in [0.29, 0.717) is 5.88 Å². The number of halogens is 1. The van der Waals surface area contributed by atoms with Crippen LogP contribution in [0.5, 0.6) is 0 Å². The number of ether oxygens (including phenoxy) is 1. The van der Waals surface area contributed by atoms with Gasteiger partial charge in [-0.3, -0.25) is 4.68 Å². The second-order valence-electron chi connectivity index (χ2n) is 6.41. The highest BCUT2D eigenvalue weighted by atomic mass is 35.5. The summed E-state index contributed by atoms with van der Waals surface area (Å²) in [5.74, 6) is 0.523. The summed E-state index contributed by atoms with van der Waals surface area (Å²) < 4.78 is 8.26. The molecule has 1 aromatic heterocycles. The first-order valence-electron chi connectivity index (χ1n) is 6.48. The van der Waals surface area contributed by atoms with Gasteiger partial charge < -0.3 is 4.74 Å². The van der Waals surface area contributed by atoms with E-state index in [1.807, 2.05) is 6.92 Å². The molecule has 0 radical (unpaired) electrons. The monoisotopic (exact) mass is 270 g/mol. The van der Waals surface area contributed by atoms with Crippen molar-refractivity contribution in [1.82, 2.24) is 9.78 Å². The molecule has 3 nitrogen and oxygen atoms in total. The van der Waals surface area contributed by atoms with Gasteiger partial charge in [-0.05, 0) is 41.5 Å². The van der Waals surface area contributed by atoms with Crippen LogP contribution in [0.1, 0.15) is 57.1 Å². The molecule has 1 fully saturated rings. The Bertz CT molecular complexity index is 463. The lowest BCUT2D eigenvalue weighted by molar-refractivity contribution is -0.0739. The third kappa shape index (κ3) is 2.19. The Hall–Kier alpha value is -0.540. The molecule has 1 unspecified atom stereocenters. The van der Waals surface area contributed by atoms with E-state index < -0.39 is 0 Å². The molecule has 1 aromatic rings. The fourth-order valence-corrected chi connectivity index (χ4v) is 3.49. The molecule has 0 bridgehead atoms. The molecule has 0 amide bonds. The Labute approximate surface area is 114 Å². The third-order valence-electron chi connectivity index (χ3n) is 3.93. The zero-order valence-electron chi connectivity index (χ0n) is 12.2. The van der Waals surface area contributed by atoms with Crippen LogP contribution in [0.3, 0.4) is 0 Å². The maximum Gasteiger partial charge on any atom is 0.0858 e. The maximum absolute atomic E-state index is 6.15. The normalized spacial score (nSPS) is 25.6. The Morgan fingerprint density at radius 2 is 1.94 bits per heavy atom. The largest absolute Gasteiger partial charge is 0.367 e. The predicted molar refractivity (Wildman–Crippen MR) is 74.2 cm³/mol. The molecule has 18 heavy (non-hydrogen) atoms. The first-order valence-corrected chi connectivity index (χ1v) is 7.02. The van der Waals surface area contributed by atoms with Gasteiger partial charge in [-0.25, -0.2) is 0 Å². The zero-order chi connectivity index (χ0) is 13.7. The Balaban J connectivity index is 2.44. The summed E-state index contributed by atoms with van der Waals surface area (Å²) in [7, 11) is 0. The summed E-state index contributed by atoms with van der Waals surface area (Å²) in [5, 5.41) is 4.68. The molecule has 0 aromatic carbocycles. The summed E-state index contributed by atoms with van der Waals surface area (Å²) in [6.07, 6.45) is 0.976. The molecular weight excluding hydrogens is 248 g/mol. The number of alkyl halides is 1. The van der Waals surface area contributed by atoms with Crippen molar-refractivity contribution in [2.75, 3.05) is 0 Å². The van der Waals surface area contributed by atoms with Gasteiger partial charge in [0.1, 0.15) is 0 Å². The van der Waals surface area contributed by atoms with Crippen LogP contribution in [0.25, 0.3) is 0 Å². The van der Waals surface area contributed by atoms with Crippen molar-refractivity contribution < 1.29 is 4.74 Å². The lowest BCUT2D eigenvalue weighted by Gasteiger charge is -2.28. The van der Waals surface area contributed by atoms with Crippen LogP contribution in [0.15, 0.2) is 0 Å². The van der Waals surface area contributed by atoms with Crippen LogP contribution >= 0.6 is 11.6 Å². The molecule has 1 saturated heterocycles. The van der Waals surface area contributed by atoms with Crippen molar-refractivity contribution in [3.63, 3.8) is 0 Å². The Morgan fingerprint density at radius 1 is 1.33 bits per heavy atom. The second kappa shape index (κ2) is 4.24. The minimum Gasteiger partial charge on any atom is -0.367 e. The van der Waals surface area contributed by atoms with Crippen molar-refractivity contribution in [2.24, 2.45) is 0 Å². The van der Waals surface area contributed by atoms with Crippen LogP contribution in [0, 0.1) is 13.8 Å². The minimum atomic E-state index is -0.198. The highest BCUT2D eigenvalue weighted by molar-refractivity contribution is 6.17. The molecule has 1 aliphatic rings.